The van der Waals surface area contributed by atoms with Crippen molar-refractivity contribution in [3.63, 3.8) is 0 Å². The van der Waals surface area contributed by atoms with E-state index in [1.54, 1.807) is 31.3 Å². The first kappa shape index (κ1) is 35.6. The number of carbonyl (C=O) groups is 3. The van der Waals surface area contributed by atoms with E-state index in [1.165, 1.54) is 39.5 Å². The van der Waals surface area contributed by atoms with Crippen LogP contribution in [0.4, 0.5) is 0 Å². The van der Waals surface area contributed by atoms with E-state index in [1.807, 2.05) is 0 Å². The number of nitrogens with one attached hydrogen (secondary N) is 2. The van der Waals surface area contributed by atoms with Crippen molar-refractivity contribution >= 4 is 17.7 Å². The van der Waals surface area contributed by atoms with Crippen LogP contribution in [0.25, 0.3) is 6.15 Å². The molecule has 16 heteroatoms. The number of hydrogen-bond acceptors (Lipinski definition) is 9. The average molecular weight is 652 g/mol. The molecule has 0 bridgehead atoms. The number of benzene rings is 1. The fraction of sp³-hybridized carbons (Fsp3) is 0.321. The number of para-hydroxylation sites is 1. The number of aromatic hydroxyl groups is 1. The molecule has 44 heavy (non-hydrogen) atoms. The van der Waals surface area contributed by atoms with Crippen molar-refractivity contribution in [1.82, 2.24) is 24.7 Å². The monoisotopic (exact) mass is 652 g/mol. The predicted molar refractivity (Wildman–Crippen MR) is 156 cm³/mol. The first-order valence-electron chi connectivity index (χ1n) is 13.1. The Kier molecular flexibility index (Phi) is 12.7. The summed E-state index contributed by atoms with van der Waals surface area (Å²) >= 11 is 0. The fourth-order valence-corrected chi connectivity index (χ4v) is 4.53. The number of carbonyl (C=O) groups excluding carboxylic acids is 3. The van der Waals surface area contributed by atoms with Gasteiger partial charge in [-0.25, -0.2) is 0 Å². The van der Waals surface area contributed by atoms with Crippen LogP contribution < -0.4 is 36.7 Å². The molecule has 1 atom stereocenters. The first-order chi connectivity index (χ1) is 20.1. The first-order valence-corrected chi connectivity index (χ1v) is 13.1. The van der Waals surface area contributed by atoms with E-state index >= 15 is 0 Å². The summed E-state index contributed by atoms with van der Waals surface area (Å²) < 4.78 is 14.1. The number of amides is 3. The van der Waals surface area contributed by atoms with E-state index in [2.05, 4.69) is 10.6 Å². The minimum Gasteiger partial charge on any atom is -0.693 e. The van der Waals surface area contributed by atoms with Gasteiger partial charge in [0.2, 0.25) is 23.6 Å². The smallest absolute Gasteiger partial charge is 0.271 e. The summed E-state index contributed by atoms with van der Waals surface area (Å²) in [6.07, 6.45) is 2.90. The van der Waals surface area contributed by atoms with Crippen LogP contribution in [0.15, 0.2) is 58.4 Å². The van der Waals surface area contributed by atoms with E-state index in [4.69, 9.17) is 15.2 Å². The van der Waals surface area contributed by atoms with E-state index in [0.29, 0.717) is 11.3 Å². The number of nitrogens with two attached hydrogens (primary N) is 2. The Hall–Kier alpha value is -4.63. The number of fused-ring (bicyclic) bond motifs is 2. The molecule has 15 nitrogen and oxygen atoms in total. The number of rotatable bonds is 4. The third kappa shape index (κ3) is 8.05. The van der Waals surface area contributed by atoms with Gasteiger partial charge in [-0.3, -0.25) is 24.0 Å². The van der Waals surface area contributed by atoms with E-state index in [9.17, 15) is 29.1 Å². The Morgan fingerprint density at radius 1 is 1.05 bits per heavy atom. The predicted octanol–water partition coefficient (Wildman–Crippen LogP) is -0.209. The molecule has 3 amide bonds. The molecule has 0 spiro atoms. The van der Waals surface area contributed by atoms with Crippen molar-refractivity contribution in [2.45, 2.75) is 12.5 Å². The number of ether oxygens (including phenoxy) is 2. The summed E-state index contributed by atoms with van der Waals surface area (Å²) in [5.41, 5.74) is 5.49. The van der Waals surface area contributed by atoms with E-state index in [-0.39, 0.29) is 79.7 Å². The quantitative estimate of drug-likeness (QED) is 0.274. The van der Waals surface area contributed by atoms with E-state index in [0.717, 1.165) is 6.07 Å². The average Bonchev–Trinajstić information content (AvgIpc) is 2.96. The zero-order valence-corrected chi connectivity index (χ0v) is 25.2. The molecule has 1 aromatic carbocycles. The number of aryl methyl sites for hydroxylation is 2. The minimum atomic E-state index is -0.991. The fourth-order valence-electron chi connectivity index (χ4n) is 4.53. The molecule has 2 aromatic heterocycles. The van der Waals surface area contributed by atoms with Crippen molar-refractivity contribution in [3.8, 4) is 17.2 Å². The summed E-state index contributed by atoms with van der Waals surface area (Å²) in [7, 11) is 3.09. The molecule has 0 fully saturated rings. The Morgan fingerprint density at radius 3 is 2.48 bits per heavy atom. The number of pyridine rings is 2. The standard InChI is InChI=1S/C28H32N6O8.Fe.H2N/c1-32-11-7-19(35)24(37)22(32)26(38)30-9-13-34-14-10-31-27(39)23-25(20(36)8-12-33(23)2)42-16-41-21-6-4-3-5-17(21)15-18(29)28(34)40;;/h3-8,11-12,18,37H,9-10,13-16,29H2,1-2H3,(H,30,38)(H,31,39);;1H2/q;;-1. The van der Waals surface area contributed by atoms with Crippen molar-refractivity contribution in [1.29, 1.82) is 0 Å². The van der Waals surface area contributed by atoms with Gasteiger partial charge in [0.1, 0.15) is 5.75 Å². The van der Waals surface area contributed by atoms with Crippen LogP contribution in [-0.4, -0.2) is 75.9 Å². The SMILES string of the molecule is Cn1ccc(=O)c(O)c1C(=O)NCCN1CCNC(=O)c2c(c(=O)ccn2C)OCOc2ccccc2CC(N)C1=O.[Fe].[NH2-]. The third-order valence-corrected chi connectivity index (χ3v) is 6.72. The summed E-state index contributed by atoms with van der Waals surface area (Å²) in [5, 5.41) is 15.4. The normalized spacial score (nSPS) is 15.3. The molecule has 0 saturated carbocycles. The summed E-state index contributed by atoms with van der Waals surface area (Å²) in [6.45, 7) is -0.383. The van der Waals surface area contributed by atoms with Gasteiger partial charge in [0.15, 0.2) is 22.9 Å². The summed E-state index contributed by atoms with van der Waals surface area (Å²) in [5.74, 6) is -2.24. The molecular formula is C28H34FeN7O8-. The van der Waals surface area contributed by atoms with Gasteiger partial charge in [0.25, 0.3) is 11.8 Å². The van der Waals surface area contributed by atoms with Gasteiger partial charge in [-0.05, 0) is 11.6 Å². The van der Waals surface area contributed by atoms with Crippen molar-refractivity contribution in [3.05, 3.63) is 92.3 Å². The maximum absolute atomic E-state index is 13.4. The molecule has 1 unspecified atom stereocenters. The zero-order chi connectivity index (χ0) is 30.4. The molecule has 3 aromatic rings. The molecule has 3 heterocycles. The Balaban J connectivity index is 0.00000337. The van der Waals surface area contributed by atoms with Gasteiger partial charge >= 0.3 is 0 Å². The van der Waals surface area contributed by atoms with Gasteiger partial charge in [-0.1, -0.05) is 18.2 Å². The summed E-state index contributed by atoms with van der Waals surface area (Å²) in [6, 6.07) is 8.33. The van der Waals surface area contributed by atoms with Crippen LogP contribution in [0.2, 0.25) is 0 Å². The maximum Gasteiger partial charge on any atom is 0.271 e. The molecular weight excluding hydrogens is 618 g/mol. The summed E-state index contributed by atoms with van der Waals surface area (Å²) in [4.78, 5) is 65.0. The minimum absolute atomic E-state index is 0. The Morgan fingerprint density at radius 2 is 1.73 bits per heavy atom. The van der Waals surface area contributed by atoms with Crippen LogP contribution in [-0.2, 0) is 42.4 Å². The molecule has 7 N–H and O–H groups in total. The van der Waals surface area contributed by atoms with Gasteiger partial charge in [0.05, 0.1) is 6.04 Å². The maximum atomic E-state index is 13.4. The Bertz CT molecular complexity index is 1620. The van der Waals surface area contributed by atoms with E-state index < -0.39 is 40.4 Å². The van der Waals surface area contributed by atoms with Gasteiger partial charge in [-0.15, -0.1) is 0 Å². The number of aromatic nitrogens is 2. The van der Waals surface area contributed by atoms with Crippen molar-refractivity contribution in [2.75, 3.05) is 33.0 Å². The second kappa shape index (κ2) is 15.7. The molecule has 1 aliphatic rings. The number of nitrogens with zero attached hydrogens (tertiary/aromatic N) is 3. The number of hydrogen-bond donors (Lipinski definition) is 4. The molecule has 1 aliphatic heterocycles. The van der Waals surface area contributed by atoms with Crippen LogP contribution in [0.1, 0.15) is 26.5 Å². The molecule has 0 aliphatic carbocycles. The zero-order valence-electron chi connectivity index (χ0n) is 24.1. The van der Waals surface area contributed by atoms with Crippen LogP contribution >= 0.6 is 0 Å². The van der Waals surface area contributed by atoms with Gasteiger partial charge in [-0.2, -0.15) is 0 Å². The molecule has 4 rings (SSSR count). The molecule has 238 valence electrons. The van der Waals surface area contributed by atoms with Gasteiger partial charge < -0.3 is 51.1 Å². The second-order valence-corrected chi connectivity index (χ2v) is 9.62. The van der Waals surface area contributed by atoms with Crippen molar-refractivity contribution < 1.29 is 46.0 Å². The van der Waals surface area contributed by atoms with Crippen LogP contribution in [0.3, 0.4) is 0 Å². The molecule has 0 saturated heterocycles. The largest absolute Gasteiger partial charge is 0.693 e. The second-order valence-electron chi connectivity index (χ2n) is 9.62. The van der Waals surface area contributed by atoms with Crippen LogP contribution in [0, 0.1) is 0 Å². The third-order valence-electron chi connectivity index (χ3n) is 6.72. The van der Waals surface area contributed by atoms with Crippen LogP contribution in [0.5, 0.6) is 17.2 Å². The topological polar surface area (TPSA) is 221 Å². The Labute approximate surface area is 263 Å². The molecule has 0 radical (unpaired) electrons. The van der Waals surface area contributed by atoms with Crippen molar-refractivity contribution in [2.24, 2.45) is 19.8 Å². The van der Waals surface area contributed by atoms with Gasteiger partial charge in [0, 0.05) is 88.3 Å².